The lowest BCUT2D eigenvalue weighted by atomic mass is 9.93. The van der Waals surface area contributed by atoms with E-state index < -0.39 is 0 Å². The molecule has 4 heteroatoms. The summed E-state index contributed by atoms with van der Waals surface area (Å²) >= 11 is 6.00. The van der Waals surface area contributed by atoms with Crippen molar-refractivity contribution in [3.63, 3.8) is 0 Å². The van der Waals surface area contributed by atoms with Gasteiger partial charge < -0.3 is 10.6 Å². The second kappa shape index (κ2) is 4.22. The molecule has 2 heterocycles. The number of hydrogen-bond donors (Lipinski definition) is 1. The highest BCUT2D eigenvalue weighted by atomic mass is 35.5. The van der Waals surface area contributed by atoms with Crippen molar-refractivity contribution in [3.05, 3.63) is 22.8 Å². The first kappa shape index (κ1) is 11.7. The van der Waals surface area contributed by atoms with E-state index in [1.807, 2.05) is 12.1 Å². The maximum absolute atomic E-state index is 6.00. The van der Waals surface area contributed by atoms with Gasteiger partial charge in [0.25, 0.3) is 0 Å². The molecule has 1 fully saturated rings. The van der Waals surface area contributed by atoms with Crippen molar-refractivity contribution in [2.24, 2.45) is 11.1 Å². The van der Waals surface area contributed by atoms with Gasteiger partial charge in [-0.3, -0.25) is 0 Å². The lowest BCUT2D eigenvalue weighted by Gasteiger charge is -2.21. The molecule has 0 atom stereocenters. The average Bonchev–Trinajstić information content (AvgIpc) is 2.59. The van der Waals surface area contributed by atoms with Crippen LogP contribution >= 0.6 is 11.6 Å². The zero-order valence-corrected chi connectivity index (χ0v) is 10.6. The summed E-state index contributed by atoms with van der Waals surface area (Å²) in [5.41, 5.74) is 6.77. The van der Waals surface area contributed by atoms with Crippen LogP contribution in [0.3, 0.4) is 0 Å². The van der Waals surface area contributed by atoms with Gasteiger partial charge in [0, 0.05) is 19.6 Å². The molecular formula is C12H18ClN3. The van der Waals surface area contributed by atoms with E-state index in [2.05, 4.69) is 23.7 Å². The number of hydrogen-bond acceptors (Lipinski definition) is 3. The summed E-state index contributed by atoms with van der Waals surface area (Å²) < 4.78 is 0. The molecule has 16 heavy (non-hydrogen) atoms. The van der Waals surface area contributed by atoms with Gasteiger partial charge in [0.2, 0.25) is 0 Å². The van der Waals surface area contributed by atoms with E-state index in [4.69, 9.17) is 17.3 Å². The molecule has 0 saturated carbocycles. The standard InChI is InChI=1S/C12H18ClN3/c1-12(2)5-6-16(8-12)11-4-3-9(13)10(7-14)15-11/h3-4H,5-8,14H2,1-2H3. The summed E-state index contributed by atoms with van der Waals surface area (Å²) in [5.74, 6) is 0.996. The Hall–Kier alpha value is -0.800. The Morgan fingerprint density at radius 1 is 1.50 bits per heavy atom. The molecule has 0 unspecified atom stereocenters. The fourth-order valence-electron chi connectivity index (χ4n) is 2.10. The van der Waals surface area contributed by atoms with Gasteiger partial charge in [-0.1, -0.05) is 25.4 Å². The van der Waals surface area contributed by atoms with Crippen molar-refractivity contribution >= 4 is 17.4 Å². The van der Waals surface area contributed by atoms with Gasteiger partial charge >= 0.3 is 0 Å². The van der Waals surface area contributed by atoms with Crippen LogP contribution in [0.5, 0.6) is 0 Å². The summed E-state index contributed by atoms with van der Waals surface area (Å²) in [5, 5.41) is 0.657. The Kier molecular flexibility index (Phi) is 3.08. The van der Waals surface area contributed by atoms with Crippen molar-refractivity contribution in [1.29, 1.82) is 0 Å². The van der Waals surface area contributed by atoms with Crippen molar-refractivity contribution in [2.45, 2.75) is 26.8 Å². The second-order valence-electron chi connectivity index (χ2n) is 5.14. The second-order valence-corrected chi connectivity index (χ2v) is 5.55. The molecular weight excluding hydrogens is 222 g/mol. The van der Waals surface area contributed by atoms with Crippen molar-refractivity contribution in [1.82, 2.24) is 4.98 Å². The minimum atomic E-state index is 0.379. The van der Waals surface area contributed by atoms with E-state index in [0.29, 0.717) is 17.0 Å². The zero-order chi connectivity index (χ0) is 11.8. The van der Waals surface area contributed by atoms with Crippen LogP contribution in [0.15, 0.2) is 12.1 Å². The molecule has 1 aromatic heterocycles. The maximum Gasteiger partial charge on any atom is 0.128 e. The molecule has 2 N–H and O–H groups in total. The van der Waals surface area contributed by atoms with Crippen LogP contribution < -0.4 is 10.6 Å². The first-order chi connectivity index (χ1) is 7.52. The number of pyridine rings is 1. The van der Waals surface area contributed by atoms with Crippen molar-refractivity contribution in [2.75, 3.05) is 18.0 Å². The minimum absolute atomic E-state index is 0.379. The van der Waals surface area contributed by atoms with Crippen LogP contribution in [0.1, 0.15) is 26.0 Å². The Balaban J connectivity index is 2.22. The fraction of sp³-hybridized carbons (Fsp3) is 0.583. The van der Waals surface area contributed by atoms with E-state index >= 15 is 0 Å². The van der Waals surface area contributed by atoms with E-state index in [1.165, 1.54) is 6.42 Å². The summed E-state index contributed by atoms with van der Waals surface area (Å²) in [4.78, 5) is 6.81. The molecule has 0 spiro atoms. The SMILES string of the molecule is CC1(C)CCN(c2ccc(Cl)c(CN)n2)C1. The van der Waals surface area contributed by atoms with E-state index in [-0.39, 0.29) is 0 Å². The molecule has 0 bridgehead atoms. The molecule has 2 rings (SSSR count). The van der Waals surface area contributed by atoms with E-state index in [0.717, 1.165) is 24.6 Å². The highest BCUT2D eigenvalue weighted by molar-refractivity contribution is 6.31. The minimum Gasteiger partial charge on any atom is -0.356 e. The third-order valence-electron chi connectivity index (χ3n) is 3.10. The number of anilines is 1. The summed E-state index contributed by atoms with van der Waals surface area (Å²) in [6, 6.07) is 3.86. The van der Waals surface area contributed by atoms with Crippen LogP contribution in [0.2, 0.25) is 5.02 Å². The highest BCUT2D eigenvalue weighted by Gasteiger charge is 2.29. The van der Waals surface area contributed by atoms with Gasteiger partial charge in [0.15, 0.2) is 0 Å². The topological polar surface area (TPSA) is 42.1 Å². The molecule has 0 amide bonds. The van der Waals surface area contributed by atoms with Gasteiger partial charge in [-0.15, -0.1) is 0 Å². The Morgan fingerprint density at radius 3 is 2.81 bits per heavy atom. The summed E-state index contributed by atoms with van der Waals surface area (Å²) in [7, 11) is 0. The lowest BCUT2D eigenvalue weighted by molar-refractivity contribution is 0.418. The zero-order valence-electron chi connectivity index (χ0n) is 9.83. The van der Waals surface area contributed by atoms with Gasteiger partial charge in [-0.2, -0.15) is 0 Å². The first-order valence-electron chi connectivity index (χ1n) is 5.62. The molecule has 1 saturated heterocycles. The number of halogens is 1. The number of nitrogens with two attached hydrogens (primary N) is 1. The molecule has 0 radical (unpaired) electrons. The smallest absolute Gasteiger partial charge is 0.128 e. The molecule has 3 nitrogen and oxygen atoms in total. The van der Waals surface area contributed by atoms with Gasteiger partial charge in [-0.25, -0.2) is 4.98 Å². The summed E-state index contributed by atoms with van der Waals surface area (Å²) in [6.45, 7) is 7.07. The Morgan fingerprint density at radius 2 is 2.25 bits per heavy atom. The van der Waals surface area contributed by atoms with E-state index in [1.54, 1.807) is 0 Å². The first-order valence-corrected chi connectivity index (χ1v) is 6.00. The number of aromatic nitrogens is 1. The van der Waals surface area contributed by atoms with Crippen LogP contribution in [0, 0.1) is 5.41 Å². The third kappa shape index (κ3) is 2.30. The number of rotatable bonds is 2. The molecule has 1 aliphatic heterocycles. The monoisotopic (exact) mass is 239 g/mol. The van der Waals surface area contributed by atoms with Crippen LogP contribution in [0.4, 0.5) is 5.82 Å². The average molecular weight is 240 g/mol. The molecule has 88 valence electrons. The molecule has 0 aliphatic carbocycles. The van der Waals surface area contributed by atoms with Gasteiger partial charge in [-0.05, 0) is 24.0 Å². The van der Waals surface area contributed by atoms with E-state index in [9.17, 15) is 0 Å². The fourth-order valence-corrected chi connectivity index (χ4v) is 2.28. The largest absolute Gasteiger partial charge is 0.356 e. The van der Waals surface area contributed by atoms with Crippen molar-refractivity contribution < 1.29 is 0 Å². The Labute approximate surface area is 102 Å². The molecule has 0 aromatic carbocycles. The molecule has 1 aliphatic rings. The highest BCUT2D eigenvalue weighted by Crippen LogP contribution is 2.32. The molecule has 1 aromatic rings. The maximum atomic E-state index is 6.00. The predicted molar refractivity (Wildman–Crippen MR) is 67.7 cm³/mol. The van der Waals surface area contributed by atoms with Crippen molar-refractivity contribution in [3.8, 4) is 0 Å². The quantitative estimate of drug-likeness (QED) is 0.862. The lowest BCUT2D eigenvalue weighted by Crippen LogP contribution is -2.24. The number of nitrogens with zero attached hydrogens (tertiary/aromatic N) is 2. The normalized spacial score (nSPS) is 19.1. The Bertz CT molecular complexity index is 390. The predicted octanol–water partition coefficient (Wildman–Crippen LogP) is 2.43. The third-order valence-corrected chi connectivity index (χ3v) is 3.44. The van der Waals surface area contributed by atoms with Crippen LogP contribution in [-0.4, -0.2) is 18.1 Å². The summed E-state index contributed by atoms with van der Waals surface area (Å²) in [6.07, 6.45) is 1.20. The van der Waals surface area contributed by atoms with Gasteiger partial charge in [0.1, 0.15) is 5.82 Å². The van der Waals surface area contributed by atoms with Crippen LogP contribution in [0.25, 0.3) is 0 Å². The van der Waals surface area contributed by atoms with Crippen LogP contribution in [-0.2, 0) is 6.54 Å². The van der Waals surface area contributed by atoms with Gasteiger partial charge in [0.05, 0.1) is 10.7 Å².